The Labute approximate surface area is 113 Å². The second-order valence-corrected chi connectivity index (χ2v) is 5.21. The Morgan fingerprint density at radius 2 is 1.83 bits per heavy atom. The van der Waals surface area contributed by atoms with Crippen molar-refractivity contribution >= 4 is 17.7 Å². The Morgan fingerprint density at radius 1 is 1.28 bits per heavy atom. The molecule has 18 heavy (non-hydrogen) atoms. The van der Waals surface area contributed by atoms with E-state index in [1.54, 1.807) is 11.8 Å². The lowest BCUT2D eigenvalue weighted by Gasteiger charge is -2.30. The van der Waals surface area contributed by atoms with Crippen LogP contribution in [-0.2, 0) is 0 Å². The lowest BCUT2D eigenvalue weighted by atomic mass is 9.93. The van der Waals surface area contributed by atoms with Crippen LogP contribution in [0.25, 0.3) is 0 Å². The second kappa shape index (κ2) is 6.81. The average molecular weight is 267 g/mol. The van der Waals surface area contributed by atoms with E-state index in [1.807, 2.05) is 44.4 Å². The van der Waals surface area contributed by atoms with Gasteiger partial charge in [-0.1, -0.05) is 13.8 Å². The highest BCUT2D eigenvalue weighted by Gasteiger charge is 2.27. The highest BCUT2D eigenvalue weighted by molar-refractivity contribution is 7.98. The zero-order valence-electron chi connectivity index (χ0n) is 11.2. The van der Waals surface area contributed by atoms with Crippen LogP contribution >= 0.6 is 11.8 Å². The summed E-state index contributed by atoms with van der Waals surface area (Å²) in [5, 5.41) is 12.4. The third kappa shape index (κ3) is 3.50. The molecule has 1 aromatic carbocycles. The van der Waals surface area contributed by atoms with Gasteiger partial charge in [-0.15, -0.1) is 11.8 Å². The van der Waals surface area contributed by atoms with Crippen LogP contribution in [0.4, 0.5) is 0 Å². The van der Waals surface area contributed by atoms with Crippen molar-refractivity contribution in [2.24, 2.45) is 0 Å². The number of hydrogen-bond donors (Lipinski definition) is 2. The molecule has 0 spiro atoms. The van der Waals surface area contributed by atoms with Crippen molar-refractivity contribution in [2.75, 3.05) is 12.9 Å². The maximum Gasteiger partial charge on any atom is 0.251 e. The van der Waals surface area contributed by atoms with Crippen LogP contribution < -0.4 is 5.32 Å². The number of rotatable bonds is 6. The molecule has 4 heteroatoms. The molecule has 0 heterocycles. The summed E-state index contributed by atoms with van der Waals surface area (Å²) in [5.41, 5.74) is 0.127. The van der Waals surface area contributed by atoms with Crippen LogP contribution in [0.3, 0.4) is 0 Å². The Hall–Kier alpha value is -1.00. The van der Waals surface area contributed by atoms with E-state index in [0.717, 1.165) is 4.90 Å². The molecule has 0 aliphatic rings. The predicted octanol–water partition coefficient (Wildman–Crippen LogP) is 2.69. The first-order valence-electron chi connectivity index (χ1n) is 6.18. The average Bonchev–Trinajstić information content (AvgIpc) is 2.45. The molecule has 0 radical (unpaired) electrons. The van der Waals surface area contributed by atoms with Gasteiger partial charge in [-0.05, 0) is 43.4 Å². The molecule has 1 amide bonds. The second-order valence-electron chi connectivity index (χ2n) is 4.33. The normalized spacial score (nSPS) is 11.3. The maximum absolute atomic E-state index is 12.1. The highest BCUT2D eigenvalue weighted by atomic mass is 32.2. The van der Waals surface area contributed by atoms with E-state index in [1.165, 1.54) is 0 Å². The molecule has 1 rings (SSSR count). The van der Waals surface area contributed by atoms with E-state index >= 15 is 0 Å². The fourth-order valence-corrected chi connectivity index (χ4v) is 2.15. The van der Waals surface area contributed by atoms with Crippen LogP contribution in [0.1, 0.15) is 37.0 Å². The van der Waals surface area contributed by atoms with Gasteiger partial charge in [0.2, 0.25) is 0 Å². The van der Waals surface area contributed by atoms with Crippen LogP contribution in [0.2, 0.25) is 0 Å². The molecule has 0 aliphatic heterocycles. The minimum Gasteiger partial charge on any atom is -0.394 e. The molecular weight excluding hydrogens is 246 g/mol. The van der Waals surface area contributed by atoms with Gasteiger partial charge < -0.3 is 10.4 Å². The van der Waals surface area contributed by atoms with E-state index < -0.39 is 5.54 Å². The van der Waals surface area contributed by atoms with E-state index in [-0.39, 0.29) is 12.5 Å². The molecule has 0 atom stereocenters. The third-order valence-corrected chi connectivity index (χ3v) is 4.13. The summed E-state index contributed by atoms with van der Waals surface area (Å²) < 4.78 is 0. The lowest BCUT2D eigenvalue weighted by molar-refractivity contribution is 0.0818. The number of carbonyl (C=O) groups is 1. The minimum atomic E-state index is -0.505. The van der Waals surface area contributed by atoms with Gasteiger partial charge in [0.05, 0.1) is 12.1 Å². The van der Waals surface area contributed by atoms with Gasteiger partial charge in [-0.3, -0.25) is 4.79 Å². The summed E-state index contributed by atoms with van der Waals surface area (Å²) in [6.45, 7) is 3.91. The molecule has 0 aromatic heterocycles. The van der Waals surface area contributed by atoms with Crippen molar-refractivity contribution in [3.05, 3.63) is 29.8 Å². The molecule has 0 saturated carbocycles. The largest absolute Gasteiger partial charge is 0.394 e. The Balaban J connectivity index is 2.80. The summed E-state index contributed by atoms with van der Waals surface area (Å²) in [6, 6.07) is 7.49. The summed E-state index contributed by atoms with van der Waals surface area (Å²) in [7, 11) is 0. The zero-order valence-corrected chi connectivity index (χ0v) is 12.0. The molecular formula is C14H21NO2S. The minimum absolute atomic E-state index is 0.0331. The first-order chi connectivity index (χ1) is 8.60. The van der Waals surface area contributed by atoms with Gasteiger partial charge in [0.25, 0.3) is 5.91 Å². The summed E-state index contributed by atoms with van der Waals surface area (Å²) >= 11 is 1.64. The quantitative estimate of drug-likeness (QED) is 0.779. The van der Waals surface area contributed by atoms with Crippen LogP contribution in [-0.4, -0.2) is 29.4 Å². The van der Waals surface area contributed by atoms with Crippen molar-refractivity contribution in [1.82, 2.24) is 5.32 Å². The predicted molar refractivity (Wildman–Crippen MR) is 76.1 cm³/mol. The number of benzene rings is 1. The molecule has 1 aromatic rings. The molecule has 0 aliphatic carbocycles. The van der Waals surface area contributed by atoms with Crippen LogP contribution in [0.5, 0.6) is 0 Å². The SMILES string of the molecule is CCC(CC)(CO)NC(=O)c1ccc(SC)cc1. The summed E-state index contributed by atoms with van der Waals surface area (Å²) in [5.74, 6) is -0.125. The molecule has 0 unspecified atom stereocenters. The monoisotopic (exact) mass is 267 g/mol. The number of aliphatic hydroxyl groups excluding tert-OH is 1. The fourth-order valence-electron chi connectivity index (χ4n) is 1.75. The fraction of sp³-hybridized carbons (Fsp3) is 0.500. The zero-order chi connectivity index (χ0) is 13.6. The molecule has 0 fully saturated rings. The first kappa shape index (κ1) is 15.1. The van der Waals surface area contributed by atoms with Gasteiger partial charge in [-0.25, -0.2) is 0 Å². The summed E-state index contributed by atoms with van der Waals surface area (Å²) in [4.78, 5) is 13.2. The number of thioether (sulfide) groups is 1. The lowest BCUT2D eigenvalue weighted by Crippen LogP contribution is -2.50. The number of aliphatic hydroxyl groups is 1. The Morgan fingerprint density at radius 3 is 2.22 bits per heavy atom. The molecule has 3 nitrogen and oxygen atoms in total. The van der Waals surface area contributed by atoms with Crippen molar-refractivity contribution in [3.8, 4) is 0 Å². The molecule has 0 saturated heterocycles. The Kier molecular flexibility index (Phi) is 5.69. The number of nitrogens with one attached hydrogen (secondary N) is 1. The van der Waals surface area contributed by atoms with Crippen molar-refractivity contribution in [3.63, 3.8) is 0 Å². The molecule has 100 valence electrons. The Bertz CT molecular complexity index is 377. The molecule has 0 bridgehead atoms. The number of carbonyl (C=O) groups excluding carboxylic acids is 1. The van der Waals surface area contributed by atoms with Crippen LogP contribution in [0, 0.1) is 0 Å². The van der Waals surface area contributed by atoms with Gasteiger partial charge in [-0.2, -0.15) is 0 Å². The maximum atomic E-state index is 12.1. The molecule has 2 N–H and O–H groups in total. The van der Waals surface area contributed by atoms with E-state index in [4.69, 9.17) is 0 Å². The van der Waals surface area contributed by atoms with E-state index in [2.05, 4.69) is 5.32 Å². The summed E-state index contributed by atoms with van der Waals surface area (Å²) in [6.07, 6.45) is 3.43. The van der Waals surface area contributed by atoms with Crippen molar-refractivity contribution in [1.29, 1.82) is 0 Å². The van der Waals surface area contributed by atoms with Crippen molar-refractivity contribution < 1.29 is 9.90 Å². The van der Waals surface area contributed by atoms with Gasteiger partial charge in [0, 0.05) is 10.5 Å². The van der Waals surface area contributed by atoms with Crippen LogP contribution in [0.15, 0.2) is 29.2 Å². The van der Waals surface area contributed by atoms with Gasteiger partial charge in [0.1, 0.15) is 0 Å². The third-order valence-electron chi connectivity index (χ3n) is 3.39. The highest BCUT2D eigenvalue weighted by Crippen LogP contribution is 2.17. The van der Waals surface area contributed by atoms with Gasteiger partial charge in [0.15, 0.2) is 0 Å². The number of amides is 1. The standard InChI is InChI=1S/C14H21NO2S/c1-4-14(5-2,10-16)15-13(17)11-6-8-12(18-3)9-7-11/h6-9,16H,4-5,10H2,1-3H3,(H,15,17). The van der Waals surface area contributed by atoms with Gasteiger partial charge >= 0.3 is 0 Å². The van der Waals surface area contributed by atoms with Crippen molar-refractivity contribution in [2.45, 2.75) is 37.1 Å². The van der Waals surface area contributed by atoms with E-state index in [0.29, 0.717) is 18.4 Å². The van der Waals surface area contributed by atoms with E-state index in [9.17, 15) is 9.90 Å². The topological polar surface area (TPSA) is 49.3 Å². The smallest absolute Gasteiger partial charge is 0.251 e. The number of hydrogen-bond acceptors (Lipinski definition) is 3. The first-order valence-corrected chi connectivity index (χ1v) is 7.40.